The Hall–Kier alpha value is -0.870. The van der Waals surface area contributed by atoms with Crippen molar-refractivity contribution in [2.75, 3.05) is 13.1 Å². The molecular weight excluding hydrogens is 268 g/mol. The van der Waals surface area contributed by atoms with Gasteiger partial charge in [0.2, 0.25) is 5.91 Å². The van der Waals surface area contributed by atoms with Crippen LogP contribution >= 0.6 is 11.3 Å². The van der Waals surface area contributed by atoms with Crippen molar-refractivity contribution in [3.63, 3.8) is 0 Å². The zero-order valence-electron chi connectivity index (χ0n) is 12.4. The van der Waals surface area contributed by atoms with E-state index in [1.54, 1.807) is 0 Å². The molecule has 2 atom stereocenters. The first-order valence-electron chi connectivity index (χ1n) is 7.80. The maximum atomic E-state index is 13.1. The summed E-state index contributed by atoms with van der Waals surface area (Å²) in [7, 11) is 0. The molecule has 110 valence electrons. The van der Waals surface area contributed by atoms with Crippen molar-refractivity contribution in [1.29, 1.82) is 0 Å². The van der Waals surface area contributed by atoms with Gasteiger partial charge in [-0.15, -0.1) is 11.3 Å². The lowest BCUT2D eigenvalue weighted by molar-refractivity contribution is -0.140. The smallest absolute Gasteiger partial charge is 0.243 e. The molecule has 0 bridgehead atoms. The molecule has 1 N–H and O–H groups in total. The van der Waals surface area contributed by atoms with Gasteiger partial charge in [0.05, 0.1) is 11.6 Å². The van der Waals surface area contributed by atoms with Gasteiger partial charge >= 0.3 is 0 Å². The zero-order chi connectivity index (χ0) is 14.2. The molecule has 20 heavy (non-hydrogen) atoms. The van der Waals surface area contributed by atoms with E-state index >= 15 is 0 Å². The van der Waals surface area contributed by atoms with Gasteiger partial charge in [-0.3, -0.25) is 4.79 Å². The molecule has 0 aromatic carbocycles. The van der Waals surface area contributed by atoms with Crippen molar-refractivity contribution in [2.24, 2.45) is 0 Å². The van der Waals surface area contributed by atoms with Crippen LogP contribution in [-0.2, 0) is 11.2 Å². The molecule has 0 radical (unpaired) electrons. The van der Waals surface area contributed by atoms with E-state index < -0.39 is 0 Å². The van der Waals surface area contributed by atoms with E-state index in [2.05, 4.69) is 35.5 Å². The third-order valence-corrected chi connectivity index (χ3v) is 5.86. The maximum Gasteiger partial charge on any atom is 0.243 e. The molecule has 2 unspecified atom stereocenters. The molecule has 0 aliphatic carbocycles. The molecule has 4 heteroatoms. The van der Waals surface area contributed by atoms with Crippen LogP contribution in [0.4, 0.5) is 0 Å². The van der Waals surface area contributed by atoms with Gasteiger partial charge in [0.1, 0.15) is 0 Å². The van der Waals surface area contributed by atoms with E-state index in [1.807, 2.05) is 11.3 Å². The molecule has 2 aliphatic rings. The fraction of sp³-hybridized carbons (Fsp3) is 0.688. The van der Waals surface area contributed by atoms with E-state index in [4.69, 9.17) is 0 Å². The molecule has 1 aromatic heterocycles. The molecule has 1 aromatic rings. The summed E-state index contributed by atoms with van der Waals surface area (Å²) in [5, 5.41) is 5.68. The first kappa shape index (κ1) is 14.1. The summed E-state index contributed by atoms with van der Waals surface area (Å²) in [5.74, 6) is 0.334. The lowest BCUT2D eigenvalue weighted by atomic mass is 9.88. The number of hydrogen-bond donors (Lipinski definition) is 1. The standard InChI is InChI=1S/C16H24N2OS/c1-3-7-16(8-4-9-17-16)15(19)18-10-5-14-13(12(18)2)6-11-20-14/h6,11-12,17H,3-5,7-10H2,1-2H3. The van der Waals surface area contributed by atoms with Gasteiger partial charge in [-0.2, -0.15) is 0 Å². The van der Waals surface area contributed by atoms with E-state index in [0.29, 0.717) is 5.91 Å². The van der Waals surface area contributed by atoms with Crippen LogP contribution in [0.15, 0.2) is 11.4 Å². The summed E-state index contributed by atoms with van der Waals surface area (Å²) in [6.45, 7) is 6.21. The van der Waals surface area contributed by atoms with Gasteiger partial charge in [-0.25, -0.2) is 0 Å². The zero-order valence-corrected chi connectivity index (χ0v) is 13.3. The van der Waals surface area contributed by atoms with Crippen LogP contribution in [-0.4, -0.2) is 29.4 Å². The largest absolute Gasteiger partial charge is 0.334 e. The number of amides is 1. The fourth-order valence-electron chi connectivity index (χ4n) is 3.80. The minimum Gasteiger partial charge on any atom is -0.334 e. The van der Waals surface area contributed by atoms with Gasteiger partial charge in [0.15, 0.2) is 0 Å². The quantitative estimate of drug-likeness (QED) is 0.928. The van der Waals surface area contributed by atoms with Crippen molar-refractivity contribution < 1.29 is 4.79 Å². The molecule has 1 fully saturated rings. The number of nitrogens with zero attached hydrogens (tertiary/aromatic N) is 1. The highest BCUT2D eigenvalue weighted by atomic mass is 32.1. The van der Waals surface area contributed by atoms with Gasteiger partial charge in [0.25, 0.3) is 0 Å². The van der Waals surface area contributed by atoms with Crippen LogP contribution in [0.1, 0.15) is 56.0 Å². The van der Waals surface area contributed by atoms with Gasteiger partial charge < -0.3 is 10.2 Å². The topological polar surface area (TPSA) is 32.3 Å². The van der Waals surface area contributed by atoms with Crippen molar-refractivity contribution >= 4 is 17.2 Å². The Bertz CT molecular complexity index is 490. The lowest BCUT2D eigenvalue weighted by Gasteiger charge is -2.40. The fourth-order valence-corrected chi connectivity index (χ4v) is 4.76. The maximum absolute atomic E-state index is 13.1. The van der Waals surface area contributed by atoms with E-state index in [1.165, 1.54) is 10.4 Å². The molecule has 3 nitrogen and oxygen atoms in total. The van der Waals surface area contributed by atoms with Crippen molar-refractivity contribution in [3.05, 3.63) is 21.9 Å². The summed E-state index contributed by atoms with van der Waals surface area (Å²) in [6, 6.07) is 2.42. The second-order valence-electron chi connectivity index (χ2n) is 6.09. The molecule has 0 spiro atoms. The Kier molecular flexibility index (Phi) is 3.87. The second-order valence-corrected chi connectivity index (χ2v) is 7.09. The summed E-state index contributed by atoms with van der Waals surface area (Å²) in [6.07, 6.45) is 5.17. The highest BCUT2D eigenvalue weighted by Gasteiger charge is 2.44. The van der Waals surface area contributed by atoms with Crippen molar-refractivity contribution in [3.8, 4) is 0 Å². The van der Waals surface area contributed by atoms with Gasteiger partial charge in [-0.05, 0) is 56.2 Å². The first-order chi connectivity index (χ1) is 9.68. The molecule has 2 aliphatic heterocycles. The van der Waals surface area contributed by atoms with Crippen LogP contribution in [0.3, 0.4) is 0 Å². The first-order valence-corrected chi connectivity index (χ1v) is 8.68. The van der Waals surface area contributed by atoms with Crippen LogP contribution in [0.25, 0.3) is 0 Å². The predicted octanol–water partition coefficient (Wildman–Crippen LogP) is 3.12. The van der Waals surface area contributed by atoms with E-state index in [-0.39, 0.29) is 11.6 Å². The third kappa shape index (κ3) is 2.19. The minimum atomic E-state index is -0.281. The molecule has 3 heterocycles. The monoisotopic (exact) mass is 292 g/mol. The van der Waals surface area contributed by atoms with Crippen LogP contribution < -0.4 is 5.32 Å². The SMILES string of the molecule is CCCC1(C(=O)N2CCc3sccc3C2C)CCCN1. The molecule has 0 saturated carbocycles. The highest BCUT2D eigenvalue weighted by molar-refractivity contribution is 7.10. The number of hydrogen-bond acceptors (Lipinski definition) is 3. The molecule has 1 saturated heterocycles. The van der Waals surface area contributed by atoms with Crippen LogP contribution in [0.2, 0.25) is 0 Å². The van der Waals surface area contributed by atoms with Crippen molar-refractivity contribution in [2.45, 2.75) is 57.5 Å². The van der Waals surface area contributed by atoms with Crippen molar-refractivity contribution in [1.82, 2.24) is 10.2 Å². The Labute approximate surface area is 125 Å². The summed E-state index contributed by atoms with van der Waals surface area (Å²) >= 11 is 1.83. The van der Waals surface area contributed by atoms with Crippen LogP contribution in [0.5, 0.6) is 0 Å². The normalized spacial score (nSPS) is 29.5. The number of nitrogens with one attached hydrogen (secondary N) is 1. The lowest BCUT2D eigenvalue weighted by Crippen LogP contribution is -2.56. The molecule has 3 rings (SSSR count). The Balaban J connectivity index is 1.84. The second kappa shape index (κ2) is 5.49. The van der Waals surface area contributed by atoms with Gasteiger partial charge in [-0.1, -0.05) is 13.3 Å². The average Bonchev–Trinajstić information content (AvgIpc) is 3.08. The van der Waals surface area contributed by atoms with E-state index in [0.717, 1.165) is 45.2 Å². The Morgan fingerprint density at radius 2 is 2.45 bits per heavy atom. The Morgan fingerprint density at radius 1 is 1.60 bits per heavy atom. The average molecular weight is 292 g/mol. The molecular formula is C16H24N2OS. The van der Waals surface area contributed by atoms with Gasteiger partial charge in [0, 0.05) is 11.4 Å². The molecule has 1 amide bonds. The summed E-state index contributed by atoms with van der Waals surface area (Å²) in [5.41, 5.74) is 1.08. The number of carbonyl (C=O) groups excluding carboxylic acids is 1. The Morgan fingerprint density at radius 3 is 3.15 bits per heavy atom. The van der Waals surface area contributed by atoms with E-state index in [9.17, 15) is 4.79 Å². The predicted molar refractivity (Wildman–Crippen MR) is 83.0 cm³/mol. The number of fused-ring (bicyclic) bond motifs is 1. The number of thiophene rings is 1. The minimum absolute atomic E-state index is 0.230. The highest BCUT2D eigenvalue weighted by Crippen LogP contribution is 2.36. The third-order valence-electron chi connectivity index (χ3n) is 4.87. The van der Waals surface area contributed by atoms with Crippen LogP contribution in [0, 0.1) is 0 Å². The summed E-state index contributed by atoms with van der Waals surface area (Å²) in [4.78, 5) is 16.7. The summed E-state index contributed by atoms with van der Waals surface area (Å²) < 4.78 is 0. The number of rotatable bonds is 3. The number of carbonyl (C=O) groups is 1.